The molecule has 0 bridgehead atoms. The van der Waals surface area contributed by atoms with E-state index in [0.29, 0.717) is 5.88 Å². The highest BCUT2D eigenvalue weighted by atomic mass is 35.5. The van der Waals surface area contributed by atoms with Gasteiger partial charge in [-0.05, 0) is 25.2 Å². The van der Waals surface area contributed by atoms with Crippen molar-refractivity contribution in [2.45, 2.75) is 32.1 Å². The first-order chi connectivity index (χ1) is 4.47. The second-order valence-corrected chi connectivity index (χ2v) is 3.65. The summed E-state index contributed by atoms with van der Waals surface area (Å²) >= 11 is 5.53. The Labute approximate surface area is 64.6 Å². The fraction of sp³-hybridized carbons (Fsp3) is 1.00. The molecule has 0 aromatic carbocycles. The van der Waals surface area contributed by atoms with Crippen LogP contribution in [0.2, 0.25) is 0 Å². The van der Waals surface area contributed by atoms with Crippen LogP contribution in [-0.2, 0) is 0 Å². The minimum Gasteiger partial charge on any atom is -0.207 e. The van der Waals surface area contributed by atoms with Gasteiger partial charge in [0.1, 0.15) is 0 Å². The lowest BCUT2D eigenvalue weighted by Gasteiger charge is -2.16. The topological polar surface area (TPSA) is 0 Å². The van der Waals surface area contributed by atoms with Crippen molar-refractivity contribution < 1.29 is 8.78 Å². The van der Waals surface area contributed by atoms with Gasteiger partial charge in [0.15, 0.2) is 0 Å². The van der Waals surface area contributed by atoms with Crippen LogP contribution in [-0.4, -0.2) is 11.8 Å². The Balaban J connectivity index is 2.38. The monoisotopic (exact) mass is 168 g/mol. The van der Waals surface area contributed by atoms with E-state index >= 15 is 0 Å². The highest BCUT2D eigenvalue weighted by molar-refractivity contribution is 6.18. The summed E-state index contributed by atoms with van der Waals surface area (Å²) < 4.78 is 24.8. The van der Waals surface area contributed by atoms with E-state index in [0.717, 1.165) is 19.8 Å². The molecule has 0 aliphatic heterocycles. The van der Waals surface area contributed by atoms with Crippen molar-refractivity contribution >= 4 is 11.6 Å². The largest absolute Gasteiger partial charge is 0.246 e. The van der Waals surface area contributed by atoms with E-state index in [1.165, 1.54) is 0 Å². The van der Waals surface area contributed by atoms with Crippen LogP contribution >= 0.6 is 11.6 Å². The first-order valence-corrected chi connectivity index (χ1v) is 3.95. The molecule has 1 aliphatic rings. The summed E-state index contributed by atoms with van der Waals surface area (Å²) in [5, 5.41) is 0. The Morgan fingerprint density at radius 1 is 1.50 bits per heavy atom. The average Bonchev–Trinajstić information content (AvgIpc) is 2.45. The molecular weight excluding hydrogens is 158 g/mol. The predicted octanol–water partition coefficient (Wildman–Crippen LogP) is 3.05. The summed E-state index contributed by atoms with van der Waals surface area (Å²) in [5.41, 5.74) is -0.209. The van der Waals surface area contributed by atoms with Crippen LogP contribution in [0.25, 0.3) is 0 Å². The van der Waals surface area contributed by atoms with Crippen LogP contribution in [0, 0.1) is 5.41 Å². The van der Waals surface area contributed by atoms with E-state index in [9.17, 15) is 8.78 Å². The standard InChI is InChI=1S/C7H11ClF2/c1-6(9,10)4-7(5-8)2-3-7/h2-5H2,1H3. The van der Waals surface area contributed by atoms with Crippen molar-refractivity contribution in [2.75, 3.05) is 5.88 Å². The minimum absolute atomic E-state index is 0.0382. The zero-order valence-corrected chi connectivity index (χ0v) is 6.72. The van der Waals surface area contributed by atoms with Crippen molar-refractivity contribution in [1.82, 2.24) is 0 Å². The highest BCUT2D eigenvalue weighted by Crippen LogP contribution is 2.53. The fourth-order valence-corrected chi connectivity index (χ4v) is 1.55. The molecule has 60 valence electrons. The molecule has 1 fully saturated rings. The summed E-state index contributed by atoms with van der Waals surface area (Å²) in [5.74, 6) is -2.15. The Hall–Kier alpha value is 0.150. The van der Waals surface area contributed by atoms with Gasteiger partial charge in [-0.15, -0.1) is 11.6 Å². The molecule has 1 rings (SSSR count). The van der Waals surface area contributed by atoms with Gasteiger partial charge in [-0.25, -0.2) is 8.78 Å². The third-order valence-corrected chi connectivity index (χ3v) is 2.49. The van der Waals surface area contributed by atoms with Crippen LogP contribution < -0.4 is 0 Å². The maximum absolute atomic E-state index is 12.4. The number of hydrogen-bond donors (Lipinski definition) is 0. The minimum atomic E-state index is -2.54. The molecule has 0 nitrogen and oxygen atoms in total. The fourth-order valence-electron chi connectivity index (χ4n) is 1.19. The van der Waals surface area contributed by atoms with Gasteiger partial charge in [-0.3, -0.25) is 0 Å². The molecule has 1 aliphatic carbocycles. The molecule has 0 amide bonds. The lowest BCUT2D eigenvalue weighted by atomic mass is 10.0. The van der Waals surface area contributed by atoms with Crippen LogP contribution in [0.3, 0.4) is 0 Å². The normalized spacial score (nSPS) is 22.8. The molecule has 10 heavy (non-hydrogen) atoms. The molecule has 0 radical (unpaired) electrons. The SMILES string of the molecule is CC(F)(F)CC1(CCl)CC1. The highest BCUT2D eigenvalue weighted by Gasteiger charge is 2.47. The second kappa shape index (κ2) is 2.33. The van der Waals surface area contributed by atoms with Gasteiger partial charge in [0, 0.05) is 12.3 Å². The maximum Gasteiger partial charge on any atom is 0.246 e. The van der Waals surface area contributed by atoms with Crippen LogP contribution in [0.1, 0.15) is 26.2 Å². The molecular formula is C7H11ClF2. The summed E-state index contributed by atoms with van der Waals surface area (Å²) in [6, 6.07) is 0. The van der Waals surface area contributed by atoms with E-state index in [2.05, 4.69) is 0 Å². The van der Waals surface area contributed by atoms with Gasteiger partial charge < -0.3 is 0 Å². The molecule has 0 aromatic rings. The van der Waals surface area contributed by atoms with E-state index < -0.39 is 5.92 Å². The molecule has 1 saturated carbocycles. The third-order valence-electron chi connectivity index (χ3n) is 1.93. The Kier molecular flexibility index (Phi) is 1.92. The number of rotatable bonds is 3. The second-order valence-electron chi connectivity index (χ2n) is 3.38. The van der Waals surface area contributed by atoms with Gasteiger partial charge >= 0.3 is 0 Å². The predicted molar refractivity (Wildman–Crippen MR) is 37.6 cm³/mol. The van der Waals surface area contributed by atoms with Crippen LogP contribution in [0.15, 0.2) is 0 Å². The van der Waals surface area contributed by atoms with Crippen molar-refractivity contribution in [3.8, 4) is 0 Å². The van der Waals surface area contributed by atoms with Crippen molar-refractivity contribution in [2.24, 2.45) is 5.41 Å². The van der Waals surface area contributed by atoms with Crippen molar-refractivity contribution in [3.05, 3.63) is 0 Å². The summed E-state index contributed by atoms with van der Waals surface area (Å²) in [4.78, 5) is 0. The van der Waals surface area contributed by atoms with E-state index in [1.54, 1.807) is 0 Å². The Bertz CT molecular complexity index is 124. The number of halogens is 3. The number of hydrogen-bond acceptors (Lipinski definition) is 0. The zero-order chi connectivity index (χ0) is 7.83. The van der Waals surface area contributed by atoms with E-state index in [1.807, 2.05) is 0 Å². The van der Waals surface area contributed by atoms with Gasteiger partial charge in [-0.2, -0.15) is 0 Å². The lowest BCUT2D eigenvalue weighted by Crippen LogP contribution is -2.18. The summed E-state index contributed by atoms with van der Waals surface area (Å²) in [6.45, 7) is 0.958. The van der Waals surface area contributed by atoms with E-state index in [-0.39, 0.29) is 11.8 Å². The zero-order valence-electron chi connectivity index (χ0n) is 5.96. The quantitative estimate of drug-likeness (QED) is 0.569. The van der Waals surface area contributed by atoms with Gasteiger partial charge in [0.25, 0.3) is 0 Å². The van der Waals surface area contributed by atoms with Crippen molar-refractivity contribution in [3.63, 3.8) is 0 Å². The van der Waals surface area contributed by atoms with Gasteiger partial charge in [0.2, 0.25) is 5.92 Å². The molecule has 0 unspecified atom stereocenters. The molecule has 0 N–H and O–H groups in total. The Morgan fingerprint density at radius 2 is 2.00 bits per heavy atom. The van der Waals surface area contributed by atoms with Gasteiger partial charge in [0.05, 0.1) is 0 Å². The Morgan fingerprint density at radius 3 is 2.10 bits per heavy atom. The van der Waals surface area contributed by atoms with Crippen LogP contribution in [0.5, 0.6) is 0 Å². The smallest absolute Gasteiger partial charge is 0.207 e. The average molecular weight is 169 g/mol. The van der Waals surface area contributed by atoms with Gasteiger partial charge in [-0.1, -0.05) is 0 Å². The van der Waals surface area contributed by atoms with Crippen molar-refractivity contribution in [1.29, 1.82) is 0 Å². The molecule has 0 saturated heterocycles. The van der Waals surface area contributed by atoms with Crippen LogP contribution in [0.4, 0.5) is 8.78 Å². The molecule has 0 spiro atoms. The summed E-state index contributed by atoms with van der Waals surface area (Å²) in [7, 11) is 0. The number of alkyl halides is 3. The maximum atomic E-state index is 12.4. The third kappa shape index (κ3) is 2.08. The summed E-state index contributed by atoms with van der Waals surface area (Å²) in [6.07, 6.45) is 1.71. The molecule has 0 aromatic heterocycles. The van der Waals surface area contributed by atoms with E-state index in [4.69, 9.17) is 11.6 Å². The first-order valence-electron chi connectivity index (χ1n) is 3.41. The molecule has 3 heteroatoms. The lowest BCUT2D eigenvalue weighted by molar-refractivity contribution is -0.00484. The first kappa shape index (κ1) is 8.25. The molecule has 0 atom stereocenters. The molecule has 0 heterocycles.